The molecule has 0 aliphatic heterocycles. The second-order valence-corrected chi connectivity index (χ2v) is 5.09. The summed E-state index contributed by atoms with van der Waals surface area (Å²) in [5, 5.41) is 1.07. The number of alkyl halides is 1. The van der Waals surface area contributed by atoms with E-state index in [2.05, 4.69) is 54.7 Å². The standard InChI is InChI=1S/C11H16Br2N2/c1-2-15(7-3-6-12)9-11-5-4-10(13)8-14-11/h4-5,8H,2-3,6-7,9H2,1H3. The Morgan fingerprint density at radius 1 is 1.40 bits per heavy atom. The van der Waals surface area contributed by atoms with Gasteiger partial charge >= 0.3 is 0 Å². The van der Waals surface area contributed by atoms with E-state index in [1.165, 1.54) is 6.42 Å². The molecule has 0 aromatic carbocycles. The van der Waals surface area contributed by atoms with Crippen LogP contribution in [0, 0.1) is 0 Å². The summed E-state index contributed by atoms with van der Waals surface area (Å²) < 4.78 is 1.04. The third-order valence-electron chi connectivity index (χ3n) is 2.23. The largest absolute Gasteiger partial charge is 0.298 e. The van der Waals surface area contributed by atoms with E-state index in [1.807, 2.05) is 12.3 Å². The molecule has 0 radical (unpaired) electrons. The zero-order valence-corrected chi connectivity index (χ0v) is 12.1. The highest BCUT2D eigenvalue weighted by atomic mass is 79.9. The molecular formula is C11H16Br2N2. The molecule has 0 fully saturated rings. The molecule has 0 spiro atoms. The van der Waals surface area contributed by atoms with Gasteiger partial charge in [0.2, 0.25) is 0 Å². The molecule has 0 saturated heterocycles. The average Bonchev–Trinajstić information content (AvgIpc) is 2.27. The van der Waals surface area contributed by atoms with Gasteiger partial charge in [0.1, 0.15) is 0 Å². The maximum atomic E-state index is 4.37. The third-order valence-corrected chi connectivity index (χ3v) is 3.26. The average molecular weight is 336 g/mol. The van der Waals surface area contributed by atoms with E-state index in [-0.39, 0.29) is 0 Å². The monoisotopic (exact) mass is 334 g/mol. The van der Waals surface area contributed by atoms with Gasteiger partial charge in [0.25, 0.3) is 0 Å². The molecule has 2 nitrogen and oxygen atoms in total. The van der Waals surface area contributed by atoms with Crippen LogP contribution in [0.15, 0.2) is 22.8 Å². The van der Waals surface area contributed by atoms with E-state index < -0.39 is 0 Å². The Morgan fingerprint density at radius 3 is 2.73 bits per heavy atom. The maximum Gasteiger partial charge on any atom is 0.0544 e. The molecule has 0 atom stereocenters. The summed E-state index contributed by atoms with van der Waals surface area (Å²) in [4.78, 5) is 6.77. The minimum atomic E-state index is 0.941. The third kappa shape index (κ3) is 5.09. The first kappa shape index (κ1) is 13.1. The van der Waals surface area contributed by atoms with Crippen molar-refractivity contribution in [3.8, 4) is 0 Å². The Hall–Kier alpha value is 0.0700. The van der Waals surface area contributed by atoms with E-state index in [0.29, 0.717) is 0 Å². The molecule has 1 aromatic heterocycles. The summed E-state index contributed by atoms with van der Waals surface area (Å²) in [6.45, 7) is 5.33. The Kier molecular flexibility index (Phi) is 6.45. The van der Waals surface area contributed by atoms with Gasteiger partial charge in [-0.3, -0.25) is 9.88 Å². The molecule has 0 unspecified atom stereocenters. The second kappa shape index (κ2) is 7.36. The quantitative estimate of drug-likeness (QED) is 0.740. The normalized spacial score (nSPS) is 10.9. The van der Waals surface area contributed by atoms with E-state index in [1.54, 1.807) is 0 Å². The Labute approximate surface area is 108 Å². The van der Waals surface area contributed by atoms with Gasteiger partial charge < -0.3 is 0 Å². The van der Waals surface area contributed by atoms with E-state index in [9.17, 15) is 0 Å². The molecule has 15 heavy (non-hydrogen) atoms. The van der Waals surface area contributed by atoms with Crippen LogP contribution in [-0.4, -0.2) is 28.3 Å². The molecule has 0 N–H and O–H groups in total. The summed E-state index contributed by atoms with van der Waals surface area (Å²) in [6.07, 6.45) is 3.04. The molecule has 0 saturated carbocycles. The lowest BCUT2D eigenvalue weighted by molar-refractivity contribution is 0.278. The van der Waals surface area contributed by atoms with Gasteiger partial charge in [0.15, 0.2) is 0 Å². The van der Waals surface area contributed by atoms with E-state index >= 15 is 0 Å². The van der Waals surface area contributed by atoms with Crippen LogP contribution in [0.1, 0.15) is 19.0 Å². The first-order chi connectivity index (χ1) is 7.26. The fourth-order valence-corrected chi connectivity index (χ4v) is 1.85. The zero-order valence-electron chi connectivity index (χ0n) is 8.92. The Morgan fingerprint density at radius 2 is 2.20 bits per heavy atom. The van der Waals surface area contributed by atoms with Crippen molar-refractivity contribution in [1.29, 1.82) is 0 Å². The van der Waals surface area contributed by atoms with E-state index in [0.717, 1.165) is 35.1 Å². The van der Waals surface area contributed by atoms with Crippen molar-refractivity contribution in [3.05, 3.63) is 28.5 Å². The van der Waals surface area contributed by atoms with Gasteiger partial charge in [-0.25, -0.2) is 0 Å². The SMILES string of the molecule is CCN(CCCBr)Cc1ccc(Br)cn1. The summed E-state index contributed by atoms with van der Waals surface area (Å²) in [5.74, 6) is 0. The lowest BCUT2D eigenvalue weighted by Gasteiger charge is -2.19. The van der Waals surface area contributed by atoms with Gasteiger partial charge in [0.05, 0.1) is 5.69 Å². The highest BCUT2D eigenvalue weighted by molar-refractivity contribution is 9.10. The molecule has 0 aliphatic carbocycles. The van der Waals surface area contributed by atoms with Crippen molar-refractivity contribution in [1.82, 2.24) is 9.88 Å². The highest BCUT2D eigenvalue weighted by Gasteiger charge is 2.03. The van der Waals surface area contributed by atoms with Crippen molar-refractivity contribution in [2.24, 2.45) is 0 Å². The molecular weight excluding hydrogens is 320 g/mol. The predicted molar refractivity (Wildman–Crippen MR) is 71.3 cm³/mol. The minimum absolute atomic E-state index is 0.941. The fraction of sp³-hybridized carbons (Fsp3) is 0.545. The van der Waals surface area contributed by atoms with Gasteiger partial charge in [0, 0.05) is 22.5 Å². The molecule has 1 heterocycles. The van der Waals surface area contributed by atoms with Gasteiger partial charge in [-0.05, 0) is 47.6 Å². The fourth-order valence-electron chi connectivity index (χ4n) is 1.36. The Balaban J connectivity index is 2.47. The molecule has 84 valence electrons. The number of nitrogens with zero attached hydrogens (tertiary/aromatic N) is 2. The first-order valence-electron chi connectivity index (χ1n) is 5.15. The van der Waals surface area contributed by atoms with Crippen molar-refractivity contribution in [3.63, 3.8) is 0 Å². The molecule has 0 amide bonds. The van der Waals surface area contributed by atoms with Crippen LogP contribution >= 0.6 is 31.9 Å². The zero-order chi connectivity index (χ0) is 11.1. The molecule has 0 bridgehead atoms. The topological polar surface area (TPSA) is 16.1 Å². The lowest BCUT2D eigenvalue weighted by Crippen LogP contribution is -2.24. The number of hydrogen-bond donors (Lipinski definition) is 0. The van der Waals surface area contributed by atoms with Gasteiger partial charge in [-0.15, -0.1) is 0 Å². The number of aromatic nitrogens is 1. The number of hydrogen-bond acceptors (Lipinski definition) is 2. The van der Waals surface area contributed by atoms with Crippen LogP contribution in [0.25, 0.3) is 0 Å². The van der Waals surface area contributed by atoms with Crippen LogP contribution in [0.4, 0.5) is 0 Å². The smallest absolute Gasteiger partial charge is 0.0544 e. The van der Waals surface area contributed by atoms with Crippen molar-refractivity contribution in [2.75, 3.05) is 18.4 Å². The summed E-state index contributed by atoms with van der Waals surface area (Å²) in [6, 6.07) is 4.11. The van der Waals surface area contributed by atoms with Crippen LogP contribution in [0.2, 0.25) is 0 Å². The molecule has 0 aliphatic rings. The van der Waals surface area contributed by atoms with Gasteiger partial charge in [-0.2, -0.15) is 0 Å². The second-order valence-electron chi connectivity index (χ2n) is 3.38. The van der Waals surface area contributed by atoms with Crippen LogP contribution in [0.5, 0.6) is 0 Å². The summed E-state index contributed by atoms with van der Waals surface area (Å²) >= 11 is 6.84. The van der Waals surface area contributed by atoms with Crippen LogP contribution in [0.3, 0.4) is 0 Å². The van der Waals surface area contributed by atoms with Gasteiger partial charge in [-0.1, -0.05) is 22.9 Å². The lowest BCUT2D eigenvalue weighted by atomic mass is 10.3. The predicted octanol–water partition coefficient (Wildman–Crippen LogP) is 3.45. The molecule has 1 rings (SSSR count). The van der Waals surface area contributed by atoms with Crippen LogP contribution in [-0.2, 0) is 6.54 Å². The summed E-state index contributed by atoms with van der Waals surface area (Å²) in [7, 11) is 0. The maximum absolute atomic E-state index is 4.37. The van der Waals surface area contributed by atoms with Crippen molar-refractivity contribution < 1.29 is 0 Å². The number of rotatable bonds is 6. The van der Waals surface area contributed by atoms with Crippen molar-refractivity contribution >= 4 is 31.9 Å². The van der Waals surface area contributed by atoms with E-state index in [4.69, 9.17) is 0 Å². The van der Waals surface area contributed by atoms with Crippen molar-refractivity contribution in [2.45, 2.75) is 19.9 Å². The first-order valence-corrected chi connectivity index (χ1v) is 7.06. The number of halogens is 2. The molecule has 1 aromatic rings. The highest BCUT2D eigenvalue weighted by Crippen LogP contribution is 2.09. The van der Waals surface area contributed by atoms with Crippen LogP contribution < -0.4 is 0 Å². The number of pyridine rings is 1. The minimum Gasteiger partial charge on any atom is -0.298 e. The summed E-state index contributed by atoms with van der Waals surface area (Å²) in [5.41, 5.74) is 1.13. The Bertz CT molecular complexity index is 274. The molecule has 4 heteroatoms.